The van der Waals surface area contributed by atoms with Gasteiger partial charge in [0.05, 0.1) is 12.7 Å². The molecule has 1 aromatic rings. The van der Waals surface area contributed by atoms with Crippen molar-refractivity contribution in [1.29, 1.82) is 0 Å². The van der Waals surface area contributed by atoms with Gasteiger partial charge in [-0.25, -0.2) is 4.79 Å². The van der Waals surface area contributed by atoms with E-state index >= 15 is 0 Å². The van der Waals surface area contributed by atoms with Gasteiger partial charge in [0.15, 0.2) is 0 Å². The SMILES string of the molecule is CCc1cc(NC(=O)NCC(O)COCC2CC2)ccc1C. The topological polar surface area (TPSA) is 70.6 Å². The van der Waals surface area contributed by atoms with Gasteiger partial charge in [0, 0.05) is 18.8 Å². The highest BCUT2D eigenvalue weighted by Crippen LogP contribution is 2.28. The van der Waals surface area contributed by atoms with Crippen molar-refractivity contribution in [1.82, 2.24) is 5.32 Å². The predicted molar refractivity (Wildman–Crippen MR) is 87.1 cm³/mol. The van der Waals surface area contributed by atoms with Crippen molar-refractivity contribution in [3.05, 3.63) is 29.3 Å². The van der Waals surface area contributed by atoms with Gasteiger partial charge in [-0.15, -0.1) is 0 Å². The lowest BCUT2D eigenvalue weighted by Crippen LogP contribution is -2.37. The van der Waals surface area contributed by atoms with Crippen LogP contribution in [0.4, 0.5) is 10.5 Å². The Balaban J connectivity index is 1.68. The second kappa shape index (κ2) is 8.15. The normalized spacial score (nSPS) is 15.4. The molecule has 1 aromatic carbocycles. The molecule has 1 saturated carbocycles. The smallest absolute Gasteiger partial charge is 0.319 e. The molecular weight excluding hydrogens is 280 g/mol. The van der Waals surface area contributed by atoms with Crippen LogP contribution in [0.1, 0.15) is 30.9 Å². The predicted octanol–water partition coefficient (Wildman–Crippen LogP) is 2.47. The molecule has 5 nitrogen and oxygen atoms in total. The maximum absolute atomic E-state index is 11.8. The van der Waals surface area contributed by atoms with E-state index in [-0.39, 0.29) is 19.2 Å². The summed E-state index contributed by atoms with van der Waals surface area (Å²) in [6, 6.07) is 5.54. The Labute approximate surface area is 132 Å². The summed E-state index contributed by atoms with van der Waals surface area (Å²) >= 11 is 0. The largest absolute Gasteiger partial charge is 0.389 e. The summed E-state index contributed by atoms with van der Waals surface area (Å²) in [4.78, 5) is 11.8. The summed E-state index contributed by atoms with van der Waals surface area (Å²) in [5, 5.41) is 15.2. The third-order valence-electron chi connectivity index (χ3n) is 3.85. The van der Waals surface area contributed by atoms with Gasteiger partial charge in [-0.1, -0.05) is 13.0 Å². The minimum atomic E-state index is -0.672. The molecule has 2 rings (SSSR count). The lowest BCUT2D eigenvalue weighted by Gasteiger charge is -2.13. The van der Waals surface area contributed by atoms with E-state index in [1.807, 2.05) is 18.2 Å². The van der Waals surface area contributed by atoms with Crippen LogP contribution in [0.15, 0.2) is 18.2 Å². The maximum Gasteiger partial charge on any atom is 0.319 e. The van der Waals surface area contributed by atoms with Crippen molar-refractivity contribution in [2.45, 2.75) is 39.2 Å². The number of amides is 2. The van der Waals surface area contributed by atoms with E-state index in [9.17, 15) is 9.90 Å². The third kappa shape index (κ3) is 5.66. The van der Waals surface area contributed by atoms with Gasteiger partial charge >= 0.3 is 6.03 Å². The molecule has 0 spiro atoms. The van der Waals surface area contributed by atoms with Crippen LogP contribution in [0.3, 0.4) is 0 Å². The third-order valence-corrected chi connectivity index (χ3v) is 3.85. The zero-order valence-electron chi connectivity index (χ0n) is 13.4. The van der Waals surface area contributed by atoms with Crippen LogP contribution in [0, 0.1) is 12.8 Å². The summed E-state index contributed by atoms with van der Waals surface area (Å²) in [5.74, 6) is 0.678. The van der Waals surface area contributed by atoms with Gasteiger partial charge in [0.25, 0.3) is 0 Å². The fraction of sp³-hybridized carbons (Fsp3) is 0.588. The summed E-state index contributed by atoms with van der Waals surface area (Å²) in [7, 11) is 0. The number of carbonyl (C=O) groups excluding carboxylic acids is 1. The van der Waals surface area contributed by atoms with Gasteiger partial charge in [0.1, 0.15) is 0 Å². The first kappa shape index (κ1) is 16.8. The zero-order valence-corrected chi connectivity index (χ0v) is 13.4. The fourth-order valence-corrected chi connectivity index (χ4v) is 2.23. The van der Waals surface area contributed by atoms with Crippen molar-refractivity contribution in [3.63, 3.8) is 0 Å². The van der Waals surface area contributed by atoms with Gasteiger partial charge in [0.2, 0.25) is 0 Å². The number of aryl methyl sites for hydroxylation is 2. The average Bonchev–Trinajstić information content (AvgIpc) is 3.31. The Bertz CT molecular complexity index is 501. The van der Waals surface area contributed by atoms with E-state index < -0.39 is 6.10 Å². The highest BCUT2D eigenvalue weighted by molar-refractivity contribution is 5.89. The molecule has 0 bridgehead atoms. The van der Waals surface area contributed by atoms with Crippen LogP contribution in [0.5, 0.6) is 0 Å². The second-order valence-electron chi connectivity index (χ2n) is 5.96. The maximum atomic E-state index is 11.8. The van der Waals surface area contributed by atoms with Crippen LogP contribution in [0.25, 0.3) is 0 Å². The van der Waals surface area contributed by atoms with Gasteiger partial charge in [-0.3, -0.25) is 0 Å². The number of hydrogen-bond donors (Lipinski definition) is 3. The molecule has 0 saturated heterocycles. The average molecular weight is 306 g/mol. The number of ether oxygens (including phenoxy) is 1. The van der Waals surface area contributed by atoms with E-state index in [4.69, 9.17) is 4.74 Å². The number of aliphatic hydroxyl groups excluding tert-OH is 1. The van der Waals surface area contributed by atoms with Gasteiger partial charge < -0.3 is 20.5 Å². The molecule has 1 fully saturated rings. The van der Waals surface area contributed by atoms with Gasteiger partial charge in [-0.2, -0.15) is 0 Å². The van der Waals surface area contributed by atoms with Gasteiger partial charge in [-0.05, 0) is 55.4 Å². The summed E-state index contributed by atoms with van der Waals surface area (Å²) < 4.78 is 5.39. The standard InChI is InChI=1S/C17H26N2O3/c1-3-14-8-15(7-4-12(14)2)19-17(21)18-9-16(20)11-22-10-13-5-6-13/h4,7-8,13,16,20H,3,5-6,9-11H2,1-2H3,(H2,18,19,21). The lowest BCUT2D eigenvalue weighted by molar-refractivity contribution is 0.0339. The summed E-state index contributed by atoms with van der Waals surface area (Å²) in [6.45, 7) is 5.31. The van der Waals surface area contributed by atoms with Crippen molar-refractivity contribution < 1.29 is 14.6 Å². The van der Waals surface area contributed by atoms with Crippen molar-refractivity contribution in [3.8, 4) is 0 Å². The summed E-state index contributed by atoms with van der Waals surface area (Å²) in [5.41, 5.74) is 3.20. The number of anilines is 1. The van der Waals surface area contributed by atoms with Crippen LogP contribution in [0.2, 0.25) is 0 Å². The molecular formula is C17H26N2O3. The number of rotatable bonds is 8. The Morgan fingerprint density at radius 3 is 2.91 bits per heavy atom. The van der Waals surface area contributed by atoms with E-state index in [1.165, 1.54) is 24.0 Å². The minimum absolute atomic E-state index is 0.184. The minimum Gasteiger partial charge on any atom is -0.389 e. The van der Waals surface area contributed by atoms with Crippen LogP contribution < -0.4 is 10.6 Å². The fourth-order valence-electron chi connectivity index (χ4n) is 2.23. The van der Waals surface area contributed by atoms with Crippen LogP contribution in [-0.2, 0) is 11.2 Å². The number of benzene rings is 1. The number of nitrogens with one attached hydrogen (secondary N) is 2. The Morgan fingerprint density at radius 2 is 2.23 bits per heavy atom. The van der Waals surface area contributed by atoms with E-state index in [2.05, 4.69) is 24.5 Å². The Hall–Kier alpha value is -1.59. The summed E-state index contributed by atoms with van der Waals surface area (Å²) in [6.07, 6.45) is 2.72. The molecule has 0 heterocycles. The molecule has 3 N–H and O–H groups in total. The van der Waals surface area contributed by atoms with E-state index in [1.54, 1.807) is 0 Å². The van der Waals surface area contributed by atoms with Crippen molar-refractivity contribution >= 4 is 11.7 Å². The van der Waals surface area contributed by atoms with Crippen LogP contribution >= 0.6 is 0 Å². The molecule has 1 aliphatic carbocycles. The molecule has 1 aliphatic rings. The molecule has 0 radical (unpaired) electrons. The Morgan fingerprint density at radius 1 is 1.45 bits per heavy atom. The molecule has 1 unspecified atom stereocenters. The number of aliphatic hydroxyl groups is 1. The first-order valence-corrected chi connectivity index (χ1v) is 7.98. The zero-order chi connectivity index (χ0) is 15.9. The molecule has 22 heavy (non-hydrogen) atoms. The molecule has 5 heteroatoms. The highest BCUT2D eigenvalue weighted by Gasteiger charge is 2.21. The lowest BCUT2D eigenvalue weighted by atomic mass is 10.1. The monoisotopic (exact) mass is 306 g/mol. The first-order valence-electron chi connectivity index (χ1n) is 7.98. The van der Waals surface area contributed by atoms with Crippen LogP contribution in [-0.4, -0.2) is 37.0 Å². The van der Waals surface area contributed by atoms with Crippen molar-refractivity contribution in [2.24, 2.45) is 5.92 Å². The molecule has 1 atom stereocenters. The first-order chi connectivity index (χ1) is 10.6. The number of hydrogen-bond acceptors (Lipinski definition) is 3. The quantitative estimate of drug-likeness (QED) is 0.691. The highest BCUT2D eigenvalue weighted by atomic mass is 16.5. The number of carbonyl (C=O) groups is 1. The van der Waals surface area contributed by atoms with E-state index in [0.717, 1.165) is 12.1 Å². The second-order valence-corrected chi connectivity index (χ2v) is 5.96. The number of urea groups is 1. The van der Waals surface area contributed by atoms with E-state index in [0.29, 0.717) is 12.5 Å². The Kier molecular flexibility index (Phi) is 6.21. The van der Waals surface area contributed by atoms with Crippen molar-refractivity contribution in [2.75, 3.05) is 25.1 Å². The molecule has 0 aromatic heterocycles. The molecule has 2 amide bonds. The molecule has 122 valence electrons. The molecule has 0 aliphatic heterocycles.